The van der Waals surface area contributed by atoms with Crippen molar-refractivity contribution in [1.29, 1.82) is 0 Å². The normalized spacial score (nSPS) is 11.5. The second-order valence-corrected chi connectivity index (χ2v) is 9.16. The molecular formula is C30H40O5. The molecular weight excluding hydrogens is 440 g/mol. The molecule has 0 aliphatic heterocycles. The highest BCUT2D eigenvalue weighted by atomic mass is 16.5. The Bertz CT molecular complexity index is 915. The SMILES string of the molecule is C=C(C)C(=O)OCC(C)CCC(=O)Oc1ccc(-c2ccc(OCCCCCCCC)cc2)cc1. The van der Waals surface area contributed by atoms with Crippen LogP contribution in [-0.2, 0) is 14.3 Å². The van der Waals surface area contributed by atoms with Gasteiger partial charge in [0.15, 0.2) is 0 Å². The Morgan fingerprint density at radius 3 is 2.03 bits per heavy atom. The van der Waals surface area contributed by atoms with Gasteiger partial charge in [-0.15, -0.1) is 0 Å². The summed E-state index contributed by atoms with van der Waals surface area (Å²) in [6.07, 6.45) is 8.34. The molecule has 0 saturated heterocycles. The van der Waals surface area contributed by atoms with Crippen LogP contribution in [0.3, 0.4) is 0 Å². The van der Waals surface area contributed by atoms with Crippen molar-refractivity contribution in [2.75, 3.05) is 13.2 Å². The lowest BCUT2D eigenvalue weighted by atomic mass is 10.1. The second kappa shape index (κ2) is 15.8. The number of ether oxygens (including phenoxy) is 3. The van der Waals surface area contributed by atoms with Crippen LogP contribution in [0.1, 0.15) is 72.1 Å². The first-order chi connectivity index (χ1) is 16.9. The van der Waals surface area contributed by atoms with Crippen LogP contribution in [0, 0.1) is 5.92 Å². The molecule has 35 heavy (non-hydrogen) atoms. The van der Waals surface area contributed by atoms with Gasteiger partial charge in [-0.05, 0) is 61.1 Å². The molecule has 0 aromatic heterocycles. The van der Waals surface area contributed by atoms with E-state index in [1.807, 2.05) is 43.3 Å². The van der Waals surface area contributed by atoms with Crippen molar-refractivity contribution in [3.8, 4) is 22.6 Å². The van der Waals surface area contributed by atoms with E-state index in [9.17, 15) is 9.59 Å². The van der Waals surface area contributed by atoms with E-state index in [-0.39, 0.29) is 24.9 Å². The highest BCUT2D eigenvalue weighted by Crippen LogP contribution is 2.25. The van der Waals surface area contributed by atoms with Crippen LogP contribution in [0.15, 0.2) is 60.7 Å². The molecule has 0 aliphatic carbocycles. The van der Waals surface area contributed by atoms with E-state index >= 15 is 0 Å². The lowest BCUT2D eigenvalue weighted by molar-refractivity contribution is -0.140. The van der Waals surface area contributed by atoms with Gasteiger partial charge in [0, 0.05) is 12.0 Å². The standard InChI is InChI=1S/C30H40O5/c1-5-6-7-8-9-10-21-33-27-16-12-25(13-17-27)26-14-18-28(19-15-26)35-29(31)20-11-24(4)22-34-30(32)23(2)3/h12-19,24H,2,5-11,20-22H2,1,3-4H3. The third-order valence-corrected chi connectivity index (χ3v) is 5.73. The van der Waals surface area contributed by atoms with Gasteiger partial charge in [0.25, 0.3) is 0 Å². The molecule has 2 rings (SSSR count). The van der Waals surface area contributed by atoms with Gasteiger partial charge in [0.2, 0.25) is 0 Å². The summed E-state index contributed by atoms with van der Waals surface area (Å²) in [5.74, 6) is 0.749. The van der Waals surface area contributed by atoms with E-state index in [0.717, 1.165) is 29.9 Å². The molecule has 190 valence electrons. The van der Waals surface area contributed by atoms with Gasteiger partial charge < -0.3 is 14.2 Å². The van der Waals surface area contributed by atoms with Crippen molar-refractivity contribution in [3.05, 3.63) is 60.7 Å². The van der Waals surface area contributed by atoms with Crippen molar-refractivity contribution >= 4 is 11.9 Å². The van der Waals surface area contributed by atoms with E-state index in [2.05, 4.69) is 13.5 Å². The number of hydrogen-bond acceptors (Lipinski definition) is 5. The molecule has 5 nitrogen and oxygen atoms in total. The van der Waals surface area contributed by atoms with Gasteiger partial charge in [-0.25, -0.2) is 4.79 Å². The zero-order valence-electron chi connectivity index (χ0n) is 21.5. The minimum atomic E-state index is -0.408. The summed E-state index contributed by atoms with van der Waals surface area (Å²) in [6, 6.07) is 15.6. The van der Waals surface area contributed by atoms with E-state index in [0.29, 0.717) is 17.7 Å². The Labute approximate surface area is 210 Å². The zero-order valence-corrected chi connectivity index (χ0v) is 21.5. The van der Waals surface area contributed by atoms with Gasteiger partial charge in [0.1, 0.15) is 11.5 Å². The molecule has 0 spiro atoms. The summed E-state index contributed by atoms with van der Waals surface area (Å²) in [4.78, 5) is 23.6. The van der Waals surface area contributed by atoms with Gasteiger partial charge in [-0.1, -0.05) is 76.8 Å². The summed E-state index contributed by atoms with van der Waals surface area (Å²) >= 11 is 0. The maximum Gasteiger partial charge on any atom is 0.333 e. The molecule has 1 atom stereocenters. The predicted molar refractivity (Wildman–Crippen MR) is 141 cm³/mol. The fraction of sp³-hybridized carbons (Fsp3) is 0.467. The fourth-order valence-corrected chi connectivity index (χ4v) is 3.50. The van der Waals surface area contributed by atoms with Crippen LogP contribution >= 0.6 is 0 Å². The predicted octanol–water partition coefficient (Wildman–Crippen LogP) is 7.53. The van der Waals surface area contributed by atoms with Crippen molar-refractivity contribution in [2.24, 2.45) is 5.92 Å². The topological polar surface area (TPSA) is 61.8 Å². The highest BCUT2D eigenvalue weighted by Gasteiger charge is 2.12. The van der Waals surface area contributed by atoms with Gasteiger partial charge in [0.05, 0.1) is 13.2 Å². The summed E-state index contributed by atoms with van der Waals surface area (Å²) in [5.41, 5.74) is 2.49. The largest absolute Gasteiger partial charge is 0.494 e. The molecule has 0 amide bonds. The van der Waals surface area contributed by atoms with Crippen molar-refractivity contribution in [2.45, 2.75) is 72.1 Å². The van der Waals surface area contributed by atoms with Crippen LogP contribution < -0.4 is 9.47 Å². The van der Waals surface area contributed by atoms with Crippen LogP contribution in [0.25, 0.3) is 11.1 Å². The zero-order chi connectivity index (χ0) is 25.5. The Kier molecular flexibility index (Phi) is 12.7. The van der Waals surface area contributed by atoms with E-state index in [1.54, 1.807) is 19.1 Å². The average Bonchev–Trinajstić information content (AvgIpc) is 2.86. The number of benzene rings is 2. The van der Waals surface area contributed by atoms with E-state index < -0.39 is 5.97 Å². The summed E-state index contributed by atoms with van der Waals surface area (Å²) < 4.78 is 16.4. The van der Waals surface area contributed by atoms with Crippen LogP contribution in [-0.4, -0.2) is 25.2 Å². The molecule has 0 heterocycles. The average molecular weight is 481 g/mol. The lowest BCUT2D eigenvalue weighted by Gasteiger charge is -2.12. The fourth-order valence-electron chi connectivity index (χ4n) is 3.50. The number of esters is 2. The van der Waals surface area contributed by atoms with Crippen molar-refractivity contribution in [3.63, 3.8) is 0 Å². The number of unbranched alkanes of at least 4 members (excludes halogenated alkanes) is 5. The third kappa shape index (κ3) is 11.3. The minimum Gasteiger partial charge on any atom is -0.494 e. The quantitative estimate of drug-likeness (QED) is 0.107. The van der Waals surface area contributed by atoms with Gasteiger partial charge in [-0.2, -0.15) is 0 Å². The van der Waals surface area contributed by atoms with E-state index in [4.69, 9.17) is 14.2 Å². The molecule has 0 bridgehead atoms. The smallest absolute Gasteiger partial charge is 0.333 e. The first-order valence-corrected chi connectivity index (χ1v) is 12.8. The maximum atomic E-state index is 12.2. The molecule has 1 unspecified atom stereocenters. The Morgan fingerprint density at radius 2 is 1.43 bits per heavy atom. The molecule has 0 aliphatic rings. The Balaban J connectivity index is 1.72. The summed E-state index contributed by atoms with van der Waals surface area (Å²) in [5, 5.41) is 0. The number of carbonyl (C=O) groups excluding carboxylic acids is 2. The van der Waals surface area contributed by atoms with Gasteiger partial charge >= 0.3 is 11.9 Å². The van der Waals surface area contributed by atoms with E-state index in [1.165, 1.54) is 32.1 Å². The maximum absolute atomic E-state index is 12.2. The monoisotopic (exact) mass is 480 g/mol. The van der Waals surface area contributed by atoms with Crippen LogP contribution in [0.2, 0.25) is 0 Å². The third-order valence-electron chi connectivity index (χ3n) is 5.73. The first kappa shape index (κ1) is 28.2. The Hall–Kier alpha value is -3.08. The lowest BCUT2D eigenvalue weighted by Crippen LogP contribution is -2.15. The number of rotatable bonds is 16. The summed E-state index contributed by atoms with van der Waals surface area (Å²) in [6.45, 7) is 10.3. The number of hydrogen-bond donors (Lipinski definition) is 0. The molecule has 0 N–H and O–H groups in total. The first-order valence-electron chi connectivity index (χ1n) is 12.8. The Morgan fingerprint density at radius 1 is 0.857 bits per heavy atom. The molecule has 2 aromatic rings. The highest BCUT2D eigenvalue weighted by molar-refractivity contribution is 5.86. The van der Waals surface area contributed by atoms with Gasteiger partial charge in [-0.3, -0.25) is 4.79 Å². The molecule has 0 radical (unpaired) electrons. The number of carbonyl (C=O) groups is 2. The molecule has 5 heteroatoms. The summed E-state index contributed by atoms with van der Waals surface area (Å²) in [7, 11) is 0. The van der Waals surface area contributed by atoms with Crippen LogP contribution in [0.4, 0.5) is 0 Å². The molecule has 0 saturated carbocycles. The van der Waals surface area contributed by atoms with Crippen molar-refractivity contribution in [1.82, 2.24) is 0 Å². The van der Waals surface area contributed by atoms with Crippen molar-refractivity contribution < 1.29 is 23.8 Å². The minimum absolute atomic E-state index is 0.0611. The van der Waals surface area contributed by atoms with Crippen LogP contribution in [0.5, 0.6) is 11.5 Å². The molecule has 2 aromatic carbocycles. The second-order valence-electron chi connectivity index (χ2n) is 9.16. The molecule has 0 fully saturated rings.